The second kappa shape index (κ2) is 8.90. The van der Waals surface area contributed by atoms with Crippen LogP contribution in [0, 0.1) is 0 Å². The summed E-state index contributed by atoms with van der Waals surface area (Å²) in [4.78, 5) is 19.6. The number of hydrogen-bond acceptors (Lipinski definition) is 3. The van der Waals surface area contributed by atoms with Crippen molar-refractivity contribution in [3.05, 3.63) is 63.1 Å². The number of rotatable bonds is 4. The van der Waals surface area contributed by atoms with Crippen LogP contribution in [0.2, 0.25) is 15.1 Å². The quantitative estimate of drug-likeness (QED) is 0.554. The van der Waals surface area contributed by atoms with E-state index in [1.54, 1.807) is 18.2 Å². The van der Waals surface area contributed by atoms with Crippen LogP contribution in [-0.4, -0.2) is 24.7 Å². The third-order valence-electron chi connectivity index (χ3n) is 4.35. The Balaban J connectivity index is 1.89. The molecule has 2 aromatic rings. The summed E-state index contributed by atoms with van der Waals surface area (Å²) in [5.41, 5.74) is 1.44. The number of nitrogens with zero attached hydrogens (tertiary/aromatic N) is 2. The number of carbonyl (C=O) groups excluding carboxylic acids is 1. The van der Waals surface area contributed by atoms with Crippen LogP contribution in [0.5, 0.6) is 0 Å². The second-order valence-electron chi connectivity index (χ2n) is 6.22. The van der Waals surface area contributed by atoms with Gasteiger partial charge < -0.3 is 4.90 Å². The molecule has 1 aliphatic heterocycles. The SMILES string of the molecule is O=C(CN(C1=NCCCCC1)c1ccc(Cl)cc1)c1ccc(Cl)c(Cl)c1. The van der Waals surface area contributed by atoms with Crippen molar-refractivity contribution >= 4 is 52.1 Å². The molecule has 0 radical (unpaired) electrons. The molecule has 1 heterocycles. The molecule has 0 aliphatic carbocycles. The van der Waals surface area contributed by atoms with E-state index >= 15 is 0 Å². The van der Waals surface area contributed by atoms with Crippen molar-refractivity contribution in [2.75, 3.05) is 18.0 Å². The normalized spacial score (nSPS) is 14.5. The van der Waals surface area contributed by atoms with Gasteiger partial charge in [0.15, 0.2) is 5.78 Å². The second-order valence-corrected chi connectivity index (χ2v) is 7.47. The number of hydrogen-bond donors (Lipinski definition) is 0. The van der Waals surface area contributed by atoms with Crippen molar-refractivity contribution in [2.45, 2.75) is 25.7 Å². The van der Waals surface area contributed by atoms with E-state index in [4.69, 9.17) is 39.8 Å². The molecule has 2 aromatic carbocycles. The Hall–Kier alpha value is -1.55. The molecular formula is C20H19Cl3N2O. The molecule has 0 unspecified atom stereocenters. The summed E-state index contributed by atoms with van der Waals surface area (Å²) in [7, 11) is 0. The Bertz CT molecular complexity index is 818. The largest absolute Gasteiger partial charge is 0.322 e. The van der Waals surface area contributed by atoms with Crippen molar-refractivity contribution < 1.29 is 4.79 Å². The van der Waals surface area contributed by atoms with Crippen LogP contribution in [-0.2, 0) is 0 Å². The third kappa shape index (κ3) is 4.79. The zero-order chi connectivity index (χ0) is 18.5. The van der Waals surface area contributed by atoms with Crippen molar-refractivity contribution in [1.29, 1.82) is 0 Å². The first-order valence-electron chi connectivity index (χ1n) is 8.59. The summed E-state index contributed by atoms with van der Waals surface area (Å²) in [5, 5.41) is 1.47. The molecule has 26 heavy (non-hydrogen) atoms. The fourth-order valence-electron chi connectivity index (χ4n) is 2.94. The number of halogens is 3. The molecule has 1 aliphatic rings. The van der Waals surface area contributed by atoms with Crippen molar-refractivity contribution in [3.8, 4) is 0 Å². The van der Waals surface area contributed by atoms with Crippen LogP contribution >= 0.6 is 34.8 Å². The highest BCUT2D eigenvalue weighted by Gasteiger charge is 2.20. The van der Waals surface area contributed by atoms with Gasteiger partial charge in [-0.3, -0.25) is 9.79 Å². The summed E-state index contributed by atoms with van der Waals surface area (Å²) in [6.45, 7) is 0.985. The number of benzene rings is 2. The molecule has 0 spiro atoms. The minimum Gasteiger partial charge on any atom is -0.322 e. The molecule has 0 bridgehead atoms. The predicted octanol–water partition coefficient (Wildman–Crippen LogP) is 6.31. The Morgan fingerprint density at radius 2 is 1.73 bits per heavy atom. The summed E-state index contributed by atoms with van der Waals surface area (Å²) < 4.78 is 0. The Morgan fingerprint density at radius 1 is 0.962 bits per heavy atom. The lowest BCUT2D eigenvalue weighted by atomic mass is 10.1. The summed E-state index contributed by atoms with van der Waals surface area (Å²) in [6, 6.07) is 12.4. The maximum absolute atomic E-state index is 12.9. The van der Waals surface area contributed by atoms with Gasteiger partial charge in [-0.1, -0.05) is 41.2 Å². The van der Waals surface area contributed by atoms with Gasteiger partial charge in [0.05, 0.1) is 16.6 Å². The molecule has 0 fully saturated rings. The Labute approximate surface area is 168 Å². The maximum atomic E-state index is 12.9. The fourth-order valence-corrected chi connectivity index (χ4v) is 3.36. The Morgan fingerprint density at radius 3 is 2.46 bits per heavy atom. The first-order valence-corrected chi connectivity index (χ1v) is 9.72. The van der Waals surface area contributed by atoms with Gasteiger partial charge in [0.2, 0.25) is 0 Å². The van der Waals surface area contributed by atoms with E-state index in [1.807, 2.05) is 29.2 Å². The smallest absolute Gasteiger partial charge is 0.182 e. The molecule has 0 aromatic heterocycles. The molecule has 3 nitrogen and oxygen atoms in total. The van der Waals surface area contributed by atoms with Gasteiger partial charge in [-0.05, 0) is 55.3 Å². The first kappa shape index (κ1) is 19.2. The molecular weight excluding hydrogens is 391 g/mol. The molecule has 0 saturated heterocycles. The van der Waals surface area contributed by atoms with Gasteiger partial charge >= 0.3 is 0 Å². The van der Waals surface area contributed by atoms with E-state index in [0.29, 0.717) is 20.6 Å². The van der Waals surface area contributed by atoms with E-state index in [-0.39, 0.29) is 12.3 Å². The fraction of sp³-hybridized carbons (Fsp3) is 0.300. The highest BCUT2D eigenvalue weighted by molar-refractivity contribution is 6.42. The summed E-state index contributed by atoms with van der Waals surface area (Å²) in [6.07, 6.45) is 4.17. The third-order valence-corrected chi connectivity index (χ3v) is 5.34. The van der Waals surface area contributed by atoms with Crippen LogP contribution in [0.4, 0.5) is 5.69 Å². The standard InChI is InChI=1S/C20H19Cl3N2O/c21-15-6-8-16(9-7-15)25(20-4-2-1-3-11-24-20)13-19(26)14-5-10-17(22)18(23)12-14/h5-10,12H,1-4,11,13H2. The van der Waals surface area contributed by atoms with Crippen LogP contribution in [0.3, 0.4) is 0 Å². The average Bonchev–Trinajstić information content (AvgIpc) is 2.92. The van der Waals surface area contributed by atoms with Crippen LogP contribution in [0.25, 0.3) is 0 Å². The van der Waals surface area contributed by atoms with Gasteiger partial charge in [0.1, 0.15) is 5.84 Å². The van der Waals surface area contributed by atoms with Crippen LogP contribution in [0.1, 0.15) is 36.0 Å². The summed E-state index contributed by atoms with van der Waals surface area (Å²) >= 11 is 18.0. The predicted molar refractivity (Wildman–Crippen MR) is 110 cm³/mol. The first-order chi connectivity index (χ1) is 12.5. The highest BCUT2D eigenvalue weighted by Crippen LogP contribution is 2.25. The van der Waals surface area contributed by atoms with Crippen molar-refractivity contribution in [3.63, 3.8) is 0 Å². The number of aliphatic imine (C=N–C) groups is 1. The number of ketones is 1. The minimum atomic E-state index is -0.0366. The average molecular weight is 410 g/mol. The van der Waals surface area contributed by atoms with Gasteiger partial charge in [0.25, 0.3) is 0 Å². The monoisotopic (exact) mass is 408 g/mol. The molecule has 6 heteroatoms. The topological polar surface area (TPSA) is 32.7 Å². The van der Waals surface area contributed by atoms with E-state index in [0.717, 1.165) is 43.8 Å². The van der Waals surface area contributed by atoms with Crippen LogP contribution < -0.4 is 4.90 Å². The van der Waals surface area contributed by atoms with Gasteiger partial charge in [-0.15, -0.1) is 0 Å². The highest BCUT2D eigenvalue weighted by atomic mass is 35.5. The van der Waals surface area contributed by atoms with Crippen molar-refractivity contribution in [2.24, 2.45) is 4.99 Å². The minimum absolute atomic E-state index is 0.0366. The zero-order valence-corrected chi connectivity index (χ0v) is 16.5. The van der Waals surface area contributed by atoms with E-state index in [2.05, 4.69) is 0 Å². The zero-order valence-electron chi connectivity index (χ0n) is 14.2. The van der Waals surface area contributed by atoms with E-state index in [1.165, 1.54) is 0 Å². The lowest BCUT2D eigenvalue weighted by molar-refractivity contribution is 0.100. The van der Waals surface area contributed by atoms with Gasteiger partial charge in [-0.2, -0.15) is 0 Å². The lowest BCUT2D eigenvalue weighted by Gasteiger charge is -2.25. The molecule has 0 saturated carbocycles. The molecule has 0 N–H and O–H groups in total. The number of Topliss-reactive ketones (excluding diaryl/α,β-unsaturated/α-hetero) is 1. The lowest BCUT2D eigenvalue weighted by Crippen LogP contribution is -2.36. The van der Waals surface area contributed by atoms with E-state index < -0.39 is 0 Å². The van der Waals surface area contributed by atoms with Gasteiger partial charge in [-0.25, -0.2) is 0 Å². The van der Waals surface area contributed by atoms with Gasteiger partial charge in [0, 0.05) is 29.2 Å². The summed E-state index contributed by atoms with van der Waals surface area (Å²) in [5.74, 6) is 0.906. The molecule has 0 atom stereocenters. The number of anilines is 1. The molecule has 136 valence electrons. The Kier molecular flexibility index (Phi) is 6.58. The number of carbonyl (C=O) groups is 1. The van der Waals surface area contributed by atoms with Crippen molar-refractivity contribution in [1.82, 2.24) is 0 Å². The molecule has 3 rings (SSSR count). The maximum Gasteiger partial charge on any atom is 0.182 e. The molecule has 0 amide bonds. The number of amidine groups is 1. The van der Waals surface area contributed by atoms with E-state index in [9.17, 15) is 4.79 Å². The van der Waals surface area contributed by atoms with Crippen LogP contribution in [0.15, 0.2) is 47.5 Å².